The molecule has 0 unspecified atom stereocenters. The van der Waals surface area contributed by atoms with Gasteiger partial charge in [-0.1, -0.05) is 0 Å². The van der Waals surface area contributed by atoms with Gasteiger partial charge >= 0.3 is 6.03 Å². The van der Waals surface area contributed by atoms with Gasteiger partial charge in [-0.3, -0.25) is 8.99 Å². The third-order valence-corrected chi connectivity index (χ3v) is 6.50. The molecule has 30 heavy (non-hydrogen) atoms. The van der Waals surface area contributed by atoms with E-state index >= 15 is 0 Å². The summed E-state index contributed by atoms with van der Waals surface area (Å²) in [6.07, 6.45) is 1.43. The summed E-state index contributed by atoms with van der Waals surface area (Å²) in [6.45, 7) is 2.41. The monoisotopic (exact) mass is 445 g/mol. The van der Waals surface area contributed by atoms with Crippen LogP contribution in [0.1, 0.15) is 12.6 Å². The first-order valence-corrected chi connectivity index (χ1v) is 10.6. The van der Waals surface area contributed by atoms with Crippen molar-refractivity contribution in [2.24, 2.45) is 0 Å². The van der Waals surface area contributed by atoms with Gasteiger partial charge in [-0.25, -0.2) is 26.4 Å². The standard InChI is InChI=1S/C17H18F3N5O4S/c1-10-7-24-15(14(6-21-24)25-2-3-29-9-30(25,27)28)8-23(10)17(26)22-11-4-12(18)16(20)13(19)5-11/h4-6,10H,2-3,7-9H2,1H3,(H,22,26)/t10-/m0/s1. The minimum atomic E-state index is -3.67. The number of aromatic nitrogens is 2. The average molecular weight is 445 g/mol. The van der Waals surface area contributed by atoms with Crippen molar-refractivity contribution in [1.82, 2.24) is 14.7 Å². The SMILES string of the molecule is C[C@H]1Cn2ncc(N3CCOCS3(=O)=O)c2CN1C(=O)Nc1cc(F)c(F)c(F)c1. The molecule has 2 aliphatic rings. The lowest BCUT2D eigenvalue weighted by Gasteiger charge is -2.35. The molecule has 2 aromatic rings. The highest BCUT2D eigenvalue weighted by atomic mass is 32.2. The molecule has 1 fully saturated rings. The molecule has 3 heterocycles. The van der Waals surface area contributed by atoms with E-state index in [1.54, 1.807) is 11.6 Å². The van der Waals surface area contributed by atoms with Crippen molar-refractivity contribution < 1.29 is 31.1 Å². The Bertz CT molecular complexity index is 1080. The highest BCUT2D eigenvalue weighted by Crippen LogP contribution is 2.30. The van der Waals surface area contributed by atoms with Crippen molar-refractivity contribution in [3.05, 3.63) is 41.5 Å². The number of carbonyl (C=O) groups excluding carboxylic acids is 1. The minimum Gasteiger partial charge on any atom is -0.362 e. The smallest absolute Gasteiger partial charge is 0.322 e. The quantitative estimate of drug-likeness (QED) is 0.712. The lowest BCUT2D eigenvalue weighted by atomic mass is 10.2. The second-order valence-electron chi connectivity index (χ2n) is 7.03. The largest absolute Gasteiger partial charge is 0.362 e. The van der Waals surface area contributed by atoms with Crippen LogP contribution in [0.25, 0.3) is 0 Å². The van der Waals surface area contributed by atoms with Crippen LogP contribution in [0.2, 0.25) is 0 Å². The summed E-state index contributed by atoms with van der Waals surface area (Å²) in [4.78, 5) is 14.1. The molecule has 9 nitrogen and oxygen atoms in total. The Balaban J connectivity index is 1.58. The molecule has 4 rings (SSSR count). The molecular weight excluding hydrogens is 427 g/mol. The van der Waals surface area contributed by atoms with E-state index in [0.717, 1.165) is 0 Å². The van der Waals surface area contributed by atoms with E-state index in [2.05, 4.69) is 10.4 Å². The molecule has 1 saturated heterocycles. The predicted octanol–water partition coefficient (Wildman–Crippen LogP) is 1.86. The molecule has 0 spiro atoms. The van der Waals surface area contributed by atoms with E-state index < -0.39 is 39.4 Å². The van der Waals surface area contributed by atoms with Gasteiger partial charge in [-0.05, 0) is 6.92 Å². The Kier molecular flexibility index (Phi) is 5.10. The Hall–Kier alpha value is -2.80. The molecule has 2 amide bonds. The number of nitrogens with zero attached hydrogens (tertiary/aromatic N) is 4. The van der Waals surface area contributed by atoms with E-state index in [0.29, 0.717) is 30.1 Å². The number of ether oxygens (including phenoxy) is 1. The topological polar surface area (TPSA) is 96.8 Å². The Morgan fingerprint density at radius 1 is 1.27 bits per heavy atom. The number of fused-ring (bicyclic) bond motifs is 1. The maximum absolute atomic E-state index is 13.4. The Morgan fingerprint density at radius 3 is 2.63 bits per heavy atom. The maximum atomic E-state index is 13.4. The minimum absolute atomic E-state index is 0.0152. The van der Waals surface area contributed by atoms with E-state index in [-0.39, 0.29) is 31.4 Å². The van der Waals surface area contributed by atoms with Gasteiger partial charge < -0.3 is 15.0 Å². The van der Waals surface area contributed by atoms with E-state index in [1.165, 1.54) is 15.4 Å². The van der Waals surface area contributed by atoms with Crippen molar-refractivity contribution in [2.45, 2.75) is 26.1 Å². The van der Waals surface area contributed by atoms with Gasteiger partial charge in [-0.15, -0.1) is 0 Å². The summed E-state index contributed by atoms with van der Waals surface area (Å²) in [5.74, 6) is -4.91. The van der Waals surface area contributed by atoms with Gasteiger partial charge in [0.1, 0.15) is 0 Å². The van der Waals surface area contributed by atoms with Crippen molar-refractivity contribution in [1.29, 1.82) is 0 Å². The summed E-state index contributed by atoms with van der Waals surface area (Å²) < 4.78 is 72.5. The molecule has 162 valence electrons. The van der Waals surface area contributed by atoms with E-state index in [1.807, 2.05) is 0 Å². The number of halogens is 3. The van der Waals surface area contributed by atoms with Crippen LogP contribution in [0.5, 0.6) is 0 Å². The molecule has 0 bridgehead atoms. The zero-order valence-electron chi connectivity index (χ0n) is 15.8. The number of rotatable bonds is 2. The highest BCUT2D eigenvalue weighted by molar-refractivity contribution is 7.92. The highest BCUT2D eigenvalue weighted by Gasteiger charge is 2.35. The Labute approximate surface area is 170 Å². The Morgan fingerprint density at radius 2 is 1.97 bits per heavy atom. The van der Waals surface area contributed by atoms with E-state index in [4.69, 9.17) is 4.74 Å². The normalized spacial score (nSPS) is 20.7. The fraction of sp³-hybridized carbons (Fsp3) is 0.412. The number of sulfonamides is 1. The molecule has 13 heteroatoms. The van der Waals surface area contributed by atoms with Gasteiger partial charge in [0.15, 0.2) is 23.4 Å². The van der Waals surface area contributed by atoms with Crippen LogP contribution in [-0.4, -0.2) is 54.3 Å². The predicted molar refractivity (Wildman–Crippen MR) is 99.7 cm³/mol. The molecular formula is C17H18F3N5O4S. The summed E-state index contributed by atoms with van der Waals surface area (Å²) >= 11 is 0. The van der Waals surface area contributed by atoms with Crippen molar-refractivity contribution >= 4 is 27.4 Å². The van der Waals surface area contributed by atoms with Crippen molar-refractivity contribution in [3.8, 4) is 0 Å². The van der Waals surface area contributed by atoms with Gasteiger partial charge in [-0.2, -0.15) is 5.10 Å². The number of benzene rings is 1. The van der Waals surface area contributed by atoms with Gasteiger partial charge in [0.25, 0.3) is 10.0 Å². The van der Waals surface area contributed by atoms with Crippen LogP contribution >= 0.6 is 0 Å². The first kappa shape index (κ1) is 20.5. The fourth-order valence-electron chi connectivity index (χ4n) is 3.47. The van der Waals surface area contributed by atoms with Crippen molar-refractivity contribution in [2.75, 3.05) is 28.7 Å². The number of carbonyl (C=O) groups is 1. The molecule has 2 aliphatic heterocycles. The lowest BCUT2D eigenvalue weighted by Crippen LogP contribution is -2.48. The average Bonchev–Trinajstić information content (AvgIpc) is 3.07. The number of anilines is 2. The summed E-state index contributed by atoms with van der Waals surface area (Å²) in [6, 6.07) is 0.347. The number of urea groups is 1. The molecule has 1 aromatic heterocycles. The van der Waals surface area contributed by atoms with Crippen LogP contribution in [-0.2, 0) is 27.8 Å². The summed E-state index contributed by atoms with van der Waals surface area (Å²) in [5.41, 5.74) is 0.616. The second-order valence-corrected chi connectivity index (χ2v) is 8.87. The first-order chi connectivity index (χ1) is 14.2. The third kappa shape index (κ3) is 3.58. The first-order valence-electron chi connectivity index (χ1n) is 9.02. The maximum Gasteiger partial charge on any atom is 0.322 e. The molecule has 1 atom stereocenters. The second kappa shape index (κ2) is 7.47. The van der Waals surface area contributed by atoms with Gasteiger partial charge in [0, 0.05) is 17.8 Å². The summed E-state index contributed by atoms with van der Waals surface area (Å²) in [7, 11) is -3.67. The molecule has 0 radical (unpaired) electrons. The zero-order valence-corrected chi connectivity index (χ0v) is 16.6. The van der Waals surface area contributed by atoms with Crippen LogP contribution in [0.15, 0.2) is 18.3 Å². The van der Waals surface area contributed by atoms with E-state index in [9.17, 15) is 26.4 Å². The molecule has 0 saturated carbocycles. The number of nitrogens with one attached hydrogen (secondary N) is 1. The number of hydrogen-bond donors (Lipinski definition) is 1. The zero-order chi connectivity index (χ0) is 21.6. The van der Waals surface area contributed by atoms with Crippen molar-refractivity contribution in [3.63, 3.8) is 0 Å². The van der Waals surface area contributed by atoms with Gasteiger partial charge in [0.2, 0.25) is 0 Å². The molecule has 1 aromatic carbocycles. The van der Waals surface area contributed by atoms with Crippen LogP contribution in [0.3, 0.4) is 0 Å². The molecule has 0 aliphatic carbocycles. The van der Waals surface area contributed by atoms with Crippen LogP contribution in [0, 0.1) is 17.5 Å². The number of amides is 2. The van der Waals surface area contributed by atoms with Crippen LogP contribution in [0.4, 0.5) is 29.3 Å². The number of hydrogen-bond acceptors (Lipinski definition) is 5. The van der Waals surface area contributed by atoms with Gasteiger partial charge in [0.05, 0.1) is 49.9 Å². The summed E-state index contributed by atoms with van der Waals surface area (Å²) in [5, 5.41) is 6.58. The molecule has 1 N–H and O–H groups in total. The lowest BCUT2D eigenvalue weighted by molar-refractivity contribution is 0.161. The fourth-order valence-corrected chi connectivity index (χ4v) is 4.74. The van der Waals surface area contributed by atoms with Crippen LogP contribution < -0.4 is 9.62 Å². The third-order valence-electron chi connectivity index (χ3n) is 4.99.